The van der Waals surface area contributed by atoms with Gasteiger partial charge in [0.25, 0.3) is 0 Å². The summed E-state index contributed by atoms with van der Waals surface area (Å²) in [6.45, 7) is 10.8. The molecule has 3 aliphatic heterocycles. The second-order valence-corrected chi connectivity index (χ2v) is 33.5. The van der Waals surface area contributed by atoms with Gasteiger partial charge in [0.05, 0.1) is 50.2 Å². The van der Waals surface area contributed by atoms with E-state index in [4.69, 9.17) is 14.2 Å². The summed E-state index contributed by atoms with van der Waals surface area (Å²) < 4.78 is 103. The summed E-state index contributed by atoms with van der Waals surface area (Å²) in [5.74, 6) is -14.5. The van der Waals surface area contributed by atoms with Crippen molar-refractivity contribution < 1.29 is 98.1 Å². The van der Waals surface area contributed by atoms with Crippen LogP contribution in [0.5, 0.6) is 0 Å². The van der Waals surface area contributed by atoms with Gasteiger partial charge in [-0.2, -0.15) is 26.3 Å². The zero-order valence-corrected chi connectivity index (χ0v) is 68.5. The van der Waals surface area contributed by atoms with E-state index in [-0.39, 0.29) is 129 Å². The Bertz CT molecular complexity index is 3320. The first-order valence-corrected chi connectivity index (χ1v) is 40.4. The van der Waals surface area contributed by atoms with Crippen molar-refractivity contribution >= 4 is 70.9 Å². The second kappa shape index (κ2) is 39.9. The van der Waals surface area contributed by atoms with E-state index in [0.29, 0.717) is 38.5 Å². The maximum atomic E-state index is 15.9. The molecule has 2 bridgehead atoms. The number of alkyl halides is 6. The van der Waals surface area contributed by atoms with Crippen LogP contribution in [-0.4, -0.2) is 302 Å². The molecule has 3 heterocycles. The number of nitrogens with zero attached hydrogens (tertiary/aromatic N) is 9. The summed E-state index contributed by atoms with van der Waals surface area (Å²) in [7, 11) is 10.9. The number of amides is 12. The molecule has 0 aromatic rings. The maximum Gasteiger partial charge on any atom is 0.394 e. The van der Waals surface area contributed by atoms with Gasteiger partial charge in [-0.3, -0.25) is 57.5 Å². The van der Waals surface area contributed by atoms with E-state index in [1.54, 1.807) is 39.8 Å². The van der Waals surface area contributed by atoms with Crippen LogP contribution in [0.2, 0.25) is 0 Å². The number of halogens is 6. The SMILES string of the molecule is CCCN(C)C(=O)[C@@H]1CC(=O)N(C)[C@@H](COCC)C(=O)N[C@@H]([C@@H](C)CC)C(=O)N(C)CC(=O)N(C)[C@H]2C/C=C\CCN(C2=O)[C@@H](CC2CCC(C(F)(F)F)CC2)C(=O)N(C)CC(=O)N[C@@H](CCC2CCC(C(F)(F)F)C(OC)C2)C(=O)N2C[C@H](OCC)C[C@H]2C(=O)NC2(CC(C)(C)C2)C(=O)N(C)[C@@H](C2CCCC2)C(=O)N1C. The Kier molecular flexibility index (Phi) is 32.8. The number of ether oxygens (including phenoxy) is 3. The minimum absolute atomic E-state index is 0.0284. The summed E-state index contributed by atoms with van der Waals surface area (Å²) in [5.41, 5.74) is -2.29. The molecule has 112 heavy (non-hydrogen) atoms. The Morgan fingerprint density at radius 2 is 1.30 bits per heavy atom. The molecule has 7 aliphatic rings. The van der Waals surface area contributed by atoms with Crippen molar-refractivity contribution in [2.75, 3.05) is 109 Å². The number of nitrogens with one attached hydrogen (secondary N) is 3. The van der Waals surface area contributed by atoms with Crippen LogP contribution in [0, 0.1) is 40.9 Å². The fourth-order valence-corrected chi connectivity index (χ4v) is 18.3. The Morgan fingerprint density at radius 3 is 1.89 bits per heavy atom. The average Bonchev–Trinajstić information content (AvgIpc) is 0.992. The van der Waals surface area contributed by atoms with Crippen molar-refractivity contribution in [3.8, 4) is 0 Å². The summed E-state index contributed by atoms with van der Waals surface area (Å²) in [4.78, 5) is 194. The van der Waals surface area contributed by atoms with Gasteiger partial charge in [0.15, 0.2) is 0 Å². The van der Waals surface area contributed by atoms with E-state index in [0.717, 1.165) is 19.6 Å². The molecule has 13 atom stereocenters. The highest BCUT2D eigenvalue weighted by Crippen LogP contribution is 2.50. The van der Waals surface area contributed by atoms with Gasteiger partial charge in [-0.15, -0.1) is 0 Å². The van der Waals surface area contributed by atoms with Crippen LogP contribution >= 0.6 is 0 Å². The van der Waals surface area contributed by atoms with Crippen molar-refractivity contribution in [1.29, 1.82) is 0 Å². The van der Waals surface area contributed by atoms with Crippen LogP contribution in [0.3, 0.4) is 0 Å². The lowest BCUT2D eigenvalue weighted by Crippen LogP contribution is -2.71. The highest BCUT2D eigenvalue weighted by Gasteiger charge is 2.60. The zero-order valence-electron chi connectivity index (χ0n) is 68.5. The molecule has 4 aliphatic carbocycles. The molecule has 0 aromatic carbocycles. The first kappa shape index (κ1) is 92.0. The number of methoxy groups -OCH3 is 1. The molecule has 33 heteroatoms. The van der Waals surface area contributed by atoms with Gasteiger partial charge >= 0.3 is 12.4 Å². The quantitative estimate of drug-likeness (QED) is 0.104. The lowest BCUT2D eigenvalue weighted by molar-refractivity contribution is -0.215. The van der Waals surface area contributed by atoms with Gasteiger partial charge in [-0.25, -0.2) is 0 Å². The first-order valence-electron chi connectivity index (χ1n) is 40.4. The third-order valence-electron chi connectivity index (χ3n) is 24.9. The molecule has 634 valence electrons. The van der Waals surface area contributed by atoms with Crippen LogP contribution in [-0.2, 0) is 71.7 Å². The van der Waals surface area contributed by atoms with Gasteiger partial charge in [-0.05, 0) is 152 Å². The Balaban J connectivity index is 1.35. The smallest absolute Gasteiger partial charge is 0.381 e. The zero-order chi connectivity index (χ0) is 83.2. The van der Waals surface area contributed by atoms with Crippen LogP contribution in [0.15, 0.2) is 12.2 Å². The van der Waals surface area contributed by atoms with Crippen LogP contribution in [0.25, 0.3) is 0 Å². The van der Waals surface area contributed by atoms with Gasteiger partial charge in [0, 0.05) is 95.7 Å². The van der Waals surface area contributed by atoms with Crippen LogP contribution < -0.4 is 16.0 Å². The molecule has 0 aromatic heterocycles. The van der Waals surface area contributed by atoms with Gasteiger partial charge in [-0.1, -0.05) is 66.0 Å². The van der Waals surface area contributed by atoms with E-state index in [9.17, 15) is 50.3 Å². The van der Waals surface area contributed by atoms with Crippen molar-refractivity contribution in [2.45, 2.75) is 268 Å². The topological polar surface area (TPSA) is 298 Å². The van der Waals surface area contributed by atoms with E-state index in [1.165, 1.54) is 80.9 Å². The third-order valence-corrected chi connectivity index (χ3v) is 24.9. The fraction of sp³-hybridized carbons (Fsp3) is 0.823. The fourth-order valence-electron chi connectivity index (χ4n) is 18.3. The molecular formula is C79H126F6N12O15. The summed E-state index contributed by atoms with van der Waals surface area (Å²) >= 11 is 0. The molecule has 6 fully saturated rings. The van der Waals surface area contributed by atoms with Crippen molar-refractivity contribution in [1.82, 2.24) is 60.0 Å². The predicted molar refractivity (Wildman–Crippen MR) is 402 cm³/mol. The minimum Gasteiger partial charge on any atom is -0.381 e. The number of carbonyl (C=O) groups excluding carboxylic acids is 12. The molecule has 3 unspecified atom stereocenters. The van der Waals surface area contributed by atoms with E-state index < -0.39 is 216 Å². The number of carbonyl (C=O) groups is 12. The lowest BCUT2D eigenvalue weighted by atomic mass is 9.58. The normalized spacial score (nSPS) is 31.0. The largest absolute Gasteiger partial charge is 0.394 e. The highest BCUT2D eigenvalue weighted by molar-refractivity contribution is 6.01. The Hall–Kier alpha value is -7.16. The first-order chi connectivity index (χ1) is 52.6. The molecule has 0 radical (unpaired) electrons. The third kappa shape index (κ3) is 22.7. The monoisotopic (exact) mass is 1600 g/mol. The predicted octanol–water partition coefficient (Wildman–Crippen LogP) is 6.49. The van der Waals surface area contributed by atoms with Crippen molar-refractivity contribution in [3.63, 3.8) is 0 Å². The van der Waals surface area contributed by atoms with Crippen molar-refractivity contribution in [2.24, 2.45) is 40.9 Å². The molecule has 3 N–H and O–H groups in total. The Labute approximate surface area is 656 Å². The molecule has 27 nitrogen and oxygen atoms in total. The standard InChI is InChI=1S/C79H126F6N12O15/c1-16-36-89(8)70(104)58-41-63(99)93(12)60(45-111-18-3)67(101)87-65(48(5)17-2)73(107)91(10)44-64(100)92(11)56-27-21-20-24-37-96(72(56)106)59(38-49-28-32-52(33-29-49)78(80,81)82)71(105)90(9)43-62(98)86-55(35-31-50-30-34-54(79(83,84)85)61(39-50)110-15)69(103)97-42-53(112-19-4)40-57(97)68(102)88-77(46-76(6,7)47-77)75(109)95(14)66(74(108)94(58)13)51-25-22-23-26-51/h20-21,48-61,65-66H,16-19,22-47H2,1-15H3,(H,86,98)(H,87,101)(H,88,102)/b21-20-/t48-,49?,50?,52?,53+,54?,55-,56-,57-,58-,59-,60-,61?,65-,66-/m0/s1. The van der Waals surface area contributed by atoms with Gasteiger partial charge < -0.3 is 74.3 Å². The van der Waals surface area contributed by atoms with Gasteiger partial charge in [0.1, 0.15) is 53.9 Å². The molecule has 12 amide bonds. The maximum absolute atomic E-state index is 15.9. The summed E-state index contributed by atoms with van der Waals surface area (Å²) in [6, 6.07) is -11.3. The van der Waals surface area contributed by atoms with Crippen molar-refractivity contribution in [3.05, 3.63) is 12.2 Å². The van der Waals surface area contributed by atoms with E-state index in [2.05, 4.69) is 16.0 Å². The van der Waals surface area contributed by atoms with E-state index in [1.807, 2.05) is 20.8 Å². The average molecular weight is 1600 g/mol. The molecule has 7 rings (SSSR count). The van der Waals surface area contributed by atoms with Gasteiger partial charge in [0.2, 0.25) is 70.9 Å². The highest BCUT2D eigenvalue weighted by atomic mass is 19.4. The molecule has 4 saturated carbocycles. The lowest BCUT2D eigenvalue weighted by Gasteiger charge is -2.54. The minimum atomic E-state index is -4.57. The second-order valence-electron chi connectivity index (χ2n) is 33.5. The number of likely N-dealkylation sites (N-methyl/N-ethyl adjacent to an activating group) is 7. The Morgan fingerprint density at radius 1 is 0.661 bits per heavy atom. The van der Waals surface area contributed by atoms with Crippen LogP contribution in [0.4, 0.5) is 26.3 Å². The molecular weight excluding hydrogens is 1470 g/mol. The molecule has 2 saturated heterocycles. The molecule has 1 spiro atoms. The summed E-state index contributed by atoms with van der Waals surface area (Å²) in [6.07, 6.45) is -6.02. The van der Waals surface area contributed by atoms with Crippen LogP contribution in [0.1, 0.15) is 190 Å². The van der Waals surface area contributed by atoms with E-state index >= 15 is 33.6 Å². The summed E-state index contributed by atoms with van der Waals surface area (Å²) in [5, 5.41) is 8.67. The number of hydrogen-bond donors (Lipinski definition) is 3. The number of fused-ring (bicyclic) bond motifs is 3. The number of rotatable bonds is 17. The number of hydrogen-bond acceptors (Lipinski definition) is 15.